The molecule has 0 aliphatic carbocycles. The highest BCUT2D eigenvalue weighted by atomic mass is 32.2. The van der Waals surface area contributed by atoms with Crippen LogP contribution in [-0.4, -0.2) is 32.9 Å². The maximum Gasteiger partial charge on any atom is 0.251 e. The van der Waals surface area contributed by atoms with Gasteiger partial charge in [-0.05, 0) is 19.1 Å². The Labute approximate surface area is 98.3 Å². The summed E-state index contributed by atoms with van der Waals surface area (Å²) in [4.78, 5) is 3.71. The van der Waals surface area contributed by atoms with Crippen LogP contribution in [0.15, 0.2) is 23.2 Å². The Balaban J connectivity index is 2.97. The summed E-state index contributed by atoms with van der Waals surface area (Å²) >= 11 is 0. The number of aromatic nitrogens is 1. The van der Waals surface area contributed by atoms with Crippen molar-refractivity contribution in [2.45, 2.75) is 18.2 Å². The number of halogens is 2. The van der Waals surface area contributed by atoms with Crippen LogP contribution >= 0.6 is 0 Å². The zero-order chi connectivity index (χ0) is 12.9. The summed E-state index contributed by atoms with van der Waals surface area (Å²) in [5.74, 6) is 0.150. The molecule has 0 saturated carbocycles. The van der Waals surface area contributed by atoms with Gasteiger partial charge < -0.3 is 5.32 Å². The van der Waals surface area contributed by atoms with E-state index in [9.17, 15) is 17.2 Å². The lowest BCUT2D eigenvalue weighted by atomic mass is 10.4. The molecule has 2 N–H and O–H groups in total. The van der Waals surface area contributed by atoms with Crippen molar-refractivity contribution in [2.24, 2.45) is 0 Å². The van der Waals surface area contributed by atoms with Gasteiger partial charge in [-0.2, -0.15) is 0 Å². The number of alkyl halides is 2. The van der Waals surface area contributed by atoms with Crippen molar-refractivity contribution in [3.05, 3.63) is 18.3 Å². The van der Waals surface area contributed by atoms with Crippen LogP contribution < -0.4 is 10.0 Å². The fraction of sp³-hybridized carbons (Fsp3) is 0.444. The third-order valence-electron chi connectivity index (χ3n) is 1.83. The predicted octanol–water partition coefficient (Wildman–Crippen LogP) is 1.06. The number of nitrogens with one attached hydrogen (secondary N) is 2. The molecule has 1 heterocycles. The Hall–Kier alpha value is -1.28. The van der Waals surface area contributed by atoms with Crippen LogP contribution in [0.1, 0.15) is 6.92 Å². The van der Waals surface area contributed by atoms with E-state index in [2.05, 4.69) is 10.3 Å². The molecule has 8 heteroatoms. The quantitative estimate of drug-likeness (QED) is 0.806. The summed E-state index contributed by atoms with van der Waals surface area (Å²) in [5.41, 5.74) is 0. The largest absolute Gasteiger partial charge is 0.369 e. The maximum absolute atomic E-state index is 12.0. The van der Waals surface area contributed by atoms with Crippen LogP contribution in [-0.2, 0) is 10.0 Å². The Bertz CT molecular complexity index is 465. The van der Waals surface area contributed by atoms with Gasteiger partial charge in [-0.25, -0.2) is 26.9 Å². The molecular formula is C9H13F2N3O2S. The number of nitrogens with zero attached hydrogens (tertiary/aromatic N) is 1. The standard InChI is InChI=1S/C9H13F2N3O2S/c1-2-12-9-7(4-3-5-13-9)17(15,16)14-6-8(10)11/h3-5,8,14H,2,6H2,1H3,(H,12,13). The first-order valence-electron chi connectivity index (χ1n) is 4.94. The van der Waals surface area contributed by atoms with Gasteiger partial charge in [0.1, 0.15) is 10.7 Å². The van der Waals surface area contributed by atoms with Crippen molar-refractivity contribution in [3.63, 3.8) is 0 Å². The average Bonchev–Trinajstić information content (AvgIpc) is 2.28. The van der Waals surface area contributed by atoms with Crippen LogP contribution in [0.5, 0.6) is 0 Å². The summed E-state index contributed by atoms with van der Waals surface area (Å²) in [6, 6.07) is 2.73. The SMILES string of the molecule is CCNc1ncccc1S(=O)(=O)NCC(F)F. The molecule has 0 unspecified atom stereocenters. The Kier molecular flexibility index (Phi) is 4.76. The van der Waals surface area contributed by atoms with Gasteiger partial charge in [-0.1, -0.05) is 0 Å². The number of hydrogen-bond donors (Lipinski definition) is 2. The van der Waals surface area contributed by atoms with Crippen molar-refractivity contribution in [2.75, 3.05) is 18.4 Å². The molecule has 0 spiro atoms. The highest BCUT2D eigenvalue weighted by molar-refractivity contribution is 7.89. The molecule has 0 bridgehead atoms. The fourth-order valence-electron chi connectivity index (χ4n) is 1.16. The molecule has 1 aromatic heterocycles. The van der Waals surface area contributed by atoms with E-state index >= 15 is 0 Å². The van der Waals surface area contributed by atoms with Crippen LogP contribution in [0.2, 0.25) is 0 Å². The van der Waals surface area contributed by atoms with Gasteiger partial charge in [0, 0.05) is 12.7 Å². The smallest absolute Gasteiger partial charge is 0.251 e. The highest BCUT2D eigenvalue weighted by Gasteiger charge is 2.20. The number of sulfonamides is 1. The van der Waals surface area contributed by atoms with Crippen LogP contribution in [0.3, 0.4) is 0 Å². The molecular weight excluding hydrogens is 252 g/mol. The average molecular weight is 265 g/mol. The molecule has 0 amide bonds. The fourth-order valence-corrected chi connectivity index (χ4v) is 2.30. The van der Waals surface area contributed by atoms with Gasteiger partial charge in [0.15, 0.2) is 0 Å². The monoisotopic (exact) mass is 265 g/mol. The Morgan fingerprint density at radius 3 is 2.76 bits per heavy atom. The highest BCUT2D eigenvalue weighted by Crippen LogP contribution is 2.17. The van der Waals surface area contributed by atoms with Crippen molar-refractivity contribution in [3.8, 4) is 0 Å². The Morgan fingerprint density at radius 2 is 2.18 bits per heavy atom. The molecule has 0 aliphatic rings. The second-order valence-electron chi connectivity index (χ2n) is 3.12. The first-order chi connectivity index (χ1) is 7.97. The lowest BCUT2D eigenvalue weighted by molar-refractivity contribution is 0.153. The predicted molar refractivity (Wildman–Crippen MR) is 59.6 cm³/mol. The summed E-state index contributed by atoms with van der Waals surface area (Å²) in [6.45, 7) is 1.34. The van der Waals surface area contributed by atoms with Crippen molar-refractivity contribution >= 4 is 15.8 Å². The first kappa shape index (κ1) is 13.8. The van der Waals surface area contributed by atoms with E-state index in [4.69, 9.17) is 0 Å². The molecule has 5 nitrogen and oxygen atoms in total. The maximum atomic E-state index is 12.0. The lowest BCUT2D eigenvalue weighted by Gasteiger charge is -2.10. The molecule has 0 saturated heterocycles. The van der Waals surface area contributed by atoms with Crippen molar-refractivity contribution in [1.82, 2.24) is 9.71 Å². The molecule has 0 aliphatic heterocycles. The second-order valence-corrected chi connectivity index (χ2v) is 4.86. The summed E-state index contributed by atoms with van der Waals surface area (Å²) in [6.07, 6.45) is -1.31. The molecule has 96 valence electrons. The Morgan fingerprint density at radius 1 is 1.47 bits per heavy atom. The van der Waals surface area contributed by atoms with Gasteiger partial charge >= 0.3 is 0 Å². The summed E-state index contributed by atoms with van der Waals surface area (Å²) in [7, 11) is -3.96. The van der Waals surface area contributed by atoms with Gasteiger partial charge in [-0.3, -0.25) is 0 Å². The van der Waals surface area contributed by atoms with Crippen LogP contribution in [0.25, 0.3) is 0 Å². The van der Waals surface area contributed by atoms with Crippen LogP contribution in [0, 0.1) is 0 Å². The van der Waals surface area contributed by atoms with Gasteiger partial charge in [0.2, 0.25) is 10.0 Å². The minimum absolute atomic E-state index is 0.137. The van der Waals surface area contributed by atoms with Gasteiger partial charge in [-0.15, -0.1) is 0 Å². The molecule has 0 fully saturated rings. The number of pyridine rings is 1. The molecule has 1 aromatic rings. The molecule has 0 radical (unpaired) electrons. The van der Waals surface area contributed by atoms with Gasteiger partial charge in [0.25, 0.3) is 6.43 Å². The normalized spacial score (nSPS) is 11.8. The minimum atomic E-state index is -3.96. The van der Waals surface area contributed by atoms with Crippen molar-refractivity contribution in [1.29, 1.82) is 0 Å². The second kappa shape index (κ2) is 5.87. The number of anilines is 1. The summed E-state index contributed by atoms with van der Waals surface area (Å²) in [5, 5.41) is 2.75. The van der Waals surface area contributed by atoms with E-state index in [0.29, 0.717) is 6.54 Å². The molecule has 0 atom stereocenters. The van der Waals surface area contributed by atoms with E-state index in [1.165, 1.54) is 18.3 Å². The third kappa shape index (κ3) is 3.90. The zero-order valence-electron chi connectivity index (χ0n) is 9.15. The number of hydrogen-bond acceptors (Lipinski definition) is 4. The molecule has 0 aromatic carbocycles. The van der Waals surface area contributed by atoms with Crippen LogP contribution in [0.4, 0.5) is 14.6 Å². The van der Waals surface area contributed by atoms with E-state index in [1.807, 2.05) is 4.72 Å². The molecule has 1 rings (SSSR count). The van der Waals surface area contributed by atoms with E-state index in [0.717, 1.165) is 0 Å². The van der Waals surface area contributed by atoms with E-state index < -0.39 is 23.0 Å². The third-order valence-corrected chi connectivity index (χ3v) is 3.29. The van der Waals surface area contributed by atoms with E-state index in [-0.39, 0.29) is 10.7 Å². The lowest BCUT2D eigenvalue weighted by Crippen LogP contribution is -2.29. The number of rotatable bonds is 6. The topological polar surface area (TPSA) is 71.1 Å². The van der Waals surface area contributed by atoms with Crippen molar-refractivity contribution < 1.29 is 17.2 Å². The summed E-state index contributed by atoms with van der Waals surface area (Å²) < 4.78 is 49.2. The first-order valence-corrected chi connectivity index (χ1v) is 6.42. The molecule has 17 heavy (non-hydrogen) atoms. The minimum Gasteiger partial charge on any atom is -0.369 e. The van der Waals surface area contributed by atoms with Gasteiger partial charge in [0.05, 0.1) is 6.54 Å². The zero-order valence-corrected chi connectivity index (χ0v) is 9.97. The van der Waals surface area contributed by atoms with E-state index in [1.54, 1.807) is 6.92 Å².